The Hall–Kier alpha value is -3.25. The summed E-state index contributed by atoms with van der Waals surface area (Å²) in [6.07, 6.45) is 10.8. The maximum Gasteiger partial charge on any atom is 0.254 e. The van der Waals surface area contributed by atoms with Crippen LogP contribution in [0.25, 0.3) is 6.08 Å². The van der Waals surface area contributed by atoms with Gasteiger partial charge in [0.05, 0.1) is 5.56 Å². The van der Waals surface area contributed by atoms with Gasteiger partial charge in [0.1, 0.15) is 5.00 Å². The highest BCUT2D eigenvalue weighted by Gasteiger charge is 2.26. The average molecular weight is 474 g/mol. The molecule has 0 aliphatic heterocycles. The Morgan fingerprint density at radius 2 is 1.85 bits per heavy atom. The first-order valence-corrected chi connectivity index (χ1v) is 12.5. The van der Waals surface area contributed by atoms with Crippen molar-refractivity contribution in [3.63, 3.8) is 0 Å². The second kappa shape index (κ2) is 10.3. The van der Waals surface area contributed by atoms with Gasteiger partial charge in [-0.05, 0) is 65.5 Å². The van der Waals surface area contributed by atoms with Crippen molar-refractivity contribution in [1.29, 1.82) is 0 Å². The SMILES string of the molecule is CC(C)(C)c1ccc(C=CC(=O)Nc2sc3c(c2C(=O)NCc2cccnc2)CCCC3)cc1. The van der Waals surface area contributed by atoms with Gasteiger partial charge in [-0.1, -0.05) is 51.1 Å². The number of thiophene rings is 1. The number of benzene rings is 1. The Kier molecular flexibility index (Phi) is 7.27. The number of aromatic nitrogens is 1. The third-order valence-electron chi connectivity index (χ3n) is 6.01. The second-order valence-corrected chi connectivity index (χ2v) is 10.8. The van der Waals surface area contributed by atoms with E-state index in [0.717, 1.165) is 42.4 Å². The summed E-state index contributed by atoms with van der Waals surface area (Å²) in [5.74, 6) is -0.389. The van der Waals surface area contributed by atoms with Crippen LogP contribution in [0.3, 0.4) is 0 Å². The zero-order valence-corrected chi connectivity index (χ0v) is 20.8. The fraction of sp³-hybridized carbons (Fsp3) is 0.321. The minimum atomic E-state index is -0.236. The van der Waals surface area contributed by atoms with Crippen molar-refractivity contribution in [2.45, 2.75) is 58.4 Å². The predicted octanol–water partition coefficient (Wildman–Crippen LogP) is 5.90. The van der Waals surface area contributed by atoms with Gasteiger partial charge >= 0.3 is 0 Å². The Morgan fingerprint density at radius 3 is 2.56 bits per heavy atom. The summed E-state index contributed by atoms with van der Waals surface area (Å²) < 4.78 is 0. The van der Waals surface area contributed by atoms with Crippen LogP contribution in [-0.4, -0.2) is 16.8 Å². The van der Waals surface area contributed by atoms with E-state index in [1.807, 2.05) is 24.3 Å². The van der Waals surface area contributed by atoms with Crippen molar-refractivity contribution in [2.24, 2.45) is 0 Å². The Balaban J connectivity index is 1.48. The van der Waals surface area contributed by atoms with E-state index in [2.05, 4.69) is 48.5 Å². The molecule has 0 saturated carbocycles. The topological polar surface area (TPSA) is 71.1 Å². The molecule has 2 aromatic heterocycles. The Morgan fingerprint density at radius 1 is 1.09 bits per heavy atom. The lowest BCUT2D eigenvalue weighted by atomic mass is 9.87. The molecular weight excluding hydrogens is 442 g/mol. The monoisotopic (exact) mass is 473 g/mol. The third-order valence-corrected chi connectivity index (χ3v) is 7.22. The second-order valence-electron chi connectivity index (χ2n) is 9.65. The normalized spacial score (nSPS) is 13.5. The van der Waals surface area contributed by atoms with Gasteiger partial charge in [0.15, 0.2) is 0 Å². The van der Waals surface area contributed by atoms with E-state index in [0.29, 0.717) is 17.1 Å². The molecule has 2 heterocycles. The molecule has 6 heteroatoms. The highest BCUT2D eigenvalue weighted by Crippen LogP contribution is 2.38. The van der Waals surface area contributed by atoms with Gasteiger partial charge in [0.25, 0.3) is 5.91 Å². The molecule has 5 nitrogen and oxygen atoms in total. The lowest BCUT2D eigenvalue weighted by Crippen LogP contribution is -2.25. The van der Waals surface area contributed by atoms with E-state index >= 15 is 0 Å². The zero-order chi connectivity index (χ0) is 24.1. The van der Waals surface area contributed by atoms with Crippen molar-refractivity contribution in [3.05, 3.63) is 87.6 Å². The van der Waals surface area contributed by atoms with Crippen LogP contribution in [-0.2, 0) is 29.6 Å². The van der Waals surface area contributed by atoms with Crippen LogP contribution in [0.5, 0.6) is 0 Å². The van der Waals surface area contributed by atoms with Gasteiger partial charge < -0.3 is 10.6 Å². The van der Waals surface area contributed by atoms with E-state index in [9.17, 15) is 9.59 Å². The molecule has 0 unspecified atom stereocenters. The number of nitrogens with one attached hydrogen (secondary N) is 2. The molecule has 0 atom stereocenters. The molecule has 176 valence electrons. The highest BCUT2D eigenvalue weighted by molar-refractivity contribution is 7.17. The number of anilines is 1. The number of nitrogens with zero attached hydrogens (tertiary/aromatic N) is 1. The minimum Gasteiger partial charge on any atom is -0.348 e. The summed E-state index contributed by atoms with van der Waals surface area (Å²) in [6, 6.07) is 12.0. The zero-order valence-electron chi connectivity index (χ0n) is 20.0. The van der Waals surface area contributed by atoms with E-state index in [1.54, 1.807) is 18.5 Å². The maximum atomic E-state index is 13.2. The lowest BCUT2D eigenvalue weighted by Gasteiger charge is -2.18. The van der Waals surface area contributed by atoms with Crippen LogP contribution >= 0.6 is 11.3 Å². The summed E-state index contributed by atoms with van der Waals surface area (Å²) in [7, 11) is 0. The number of pyridine rings is 1. The van der Waals surface area contributed by atoms with Crippen LogP contribution in [0.1, 0.15) is 71.1 Å². The molecule has 0 saturated heterocycles. The molecule has 1 aromatic carbocycles. The molecule has 1 aliphatic carbocycles. The summed E-state index contributed by atoms with van der Waals surface area (Å²) in [6.45, 7) is 6.93. The molecule has 4 rings (SSSR count). The maximum absolute atomic E-state index is 13.2. The number of fused-ring (bicyclic) bond motifs is 1. The number of carbonyl (C=O) groups is 2. The molecular formula is C28H31N3O2S. The predicted molar refractivity (Wildman–Crippen MR) is 139 cm³/mol. The molecule has 2 N–H and O–H groups in total. The van der Waals surface area contributed by atoms with Gasteiger partial charge in [-0.15, -0.1) is 11.3 Å². The fourth-order valence-corrected chi connectivity index (χ4v) is 5.38. The quantitative estimate of drug-likeness (QED) is 0.438. The largest absolute Gasteiger partial charge is 0.348 e. The number of hydrogen-bond acceptors (Lipinski definition) is 4. The van der Waals surface area contributed by atoms with Crippen LogP contribution in [0.4, 0.5) is 5.00 Å². The van der Waals surface area contributed by atoms with Crippen LogP contribution in [0.15, 0.2) is 54.9 Å². The van der Waals surface area contributed by atoms with Gasteiger partial charge in [-0.2, -0.15) is 0 Å². The van der Waals surface area contributed by atoms with Crippen molar-refractivity contribution < 1.29 is 9.59 Å². The smallest absolute Gasteiger partial charge is 0.254 e. The first kappa shape index (κ1) is 23.9. The third kappa shape index (κ3) is 5.81. The molecule has 0 spiro atoms. The summed E-state index contributed by atoms with van der Waals surface area (Å²) in [5, 5.41) is 6.60. The van der Waals surface area contributed by atoms with E-state index in [1.165, 1.54) is 27.9 Å². The van der Waals surface area contributed by atoms with Crippen LogP contribution in [0, 0.1) is 0 Å². The minimum absolute atomic E-state index is 0.0892. The first-order valence-electron chi connectivity index (χ1n) is 11.7. The summed E-state index contributed by atoms with van der Waals surface area (Å²) in [4.78, 5) is 31.2. The van der Waals surface area contributed by atoms with Gasteiger partial charge in [0, 0.05) is 29.9 Å². The molecule has 0 bridgehead atoms. The van der Waals surface area contributed by atoms with Crippen molar-refractivity contribution in [1.82, 2.24) is 10.3 Å². The molecule has 3 aromatic rings. The van der Waals surface area contributed by atoms with Crippen LogP contribution < -0.4 is 10.6 Å². The van der Waals surface area contributed by atoms with Crippen molar-refractivity contribution in [3.8, 4) is 0 Å². The fourth-order valence-electron chi connectivity index (χ4n) is 4.09. The molecule has 0 radical (unpaired) electrons. The number of rotatable bonds is 6. The van der Waals surface area contributed by atoms with Gasteiger partial charge in [-0.25, -0.2) is 0 Å². The van der Waals surface area contributed by atoms with E-state index in [-0.39, 0.29) is 17.2 Å². The number of carbonyl (C=O) groups excluding carboxylic acids is 2. The number of amides is 2. The summed E-state index contributed by atoms with van der Waals surface area (Å²) in [5.41, 5.74) is 4.93. The Labute approximate surface area is 205 Å². The van der Waals surface area contributed by atoms with Crippen molar-refractivity contribution >= 4 is 34.2 Å². The molecule has 0 fully saturated rings. The highest BCUT2D eigenvalue weighted by atomic mass is 32.1. The van der Waals surface area contributed by atoms with Crippen molar-refractivity contribution in [2.75, 3.05) is 5.32 Å². The summed E-state index contributed by atoms with van der Waals surface area (Å²) >= 11 is 1.53. The average Bonchev–Trinajstić information content (AvgIpc) is 3.19. The standard InChI is InChI=1S/C28H31N3O2S/c1-28(2,3)21-13-10-19(11-14-21)12-15-24(32)31-27-25(22-8-4-5-9-23(22)34-27)26(33)30-18-20-7-6-16-29-17-20/h6-7,10-17H,4-5,8-9,18H2,1-3H3,(H,30,33)(H,31,32). The molecule has 1 aliphatic rings. The lowest BCUT2D eigenvalue weighted by molar-refractivity contribution is -0.111. The van der Waals surface area contributed by atoms with Gasteiger partial charge in [0.2, 0.25) is 5.91 Å². The molecule has 2 amide bonds. The van der Waals surface area contributed by atoms with E-state index in [4.69, 9.17) is 0 Å². The van der Waals surface area contributed by atoms with E-state index < -0.39 is 0 Å². The number of hydrogen-bond donors (Lipinski definition) is 2. The first-order chi connectivity index (χ1) is 16.3. The van der Waals surface area contributed by atoms with Gasteiger partial charge in [-0.3, -0.25) is 14.6 Å². The molecule has 34 heavy (non-hydrogen) atoms. The Bertz CT molecular complexity index is 1190. The number of aryl methyl sites for hydroxylation is 1. The van der Waals surface area contributed by atoms with Crippen LogP contribution in [0.2, 0.25) is 0 Å².